The van der Waals surface area contributed by atoms with Crippen molar-refractivity contribution < 1.29 is 9.32 Å². The second-order valence-electron chi connectivity index (χ2n) is 3.12. The summed E-state index contributed by atoms with van der Waals surface area (Å²) in [6.07, 6.45) is 1.38. The van der Waals surface area contributed by atoms with E-state index in [1.807, 2.05) is 13.8 Å². The first-order valence-corrected chi connectivity index (χ1v) is 5.39. The number of hydrogen-bond donors (Lipinski definition) is 2. The summed E-state index contributed by atoms with van der Waals surface area (Å²) in [6, 6.07) is 1.17. The van der Waals surface area contributed by atoms with E-state index < -0.39 is 0 Å². The summed E-state index contributed by atoms with van der Waals surface area (Å²) in [6.45, 7) is 3.85. The molecule has 2 aromatic heterocycles. The van der Waals surface area contributed by atoms with Crippen LogP contribution < -0.4 is 10.6 Å². The number of amides is 2. The molecule has 0 saturated carbocycles. The second-order valence-corrected chi connectivity index (χ2v) is 4.33. The minimum Gasteiger partial charge on any atom is -0.363 e. The molecule has 84 valence electrons. The first-order valence-electron chi connectivity index (χ1n) is 4.57. The van der Waals surface area contributed by atoms with Gasteiger partial charge in [-0.25, -0.2) is 9.78 Å². The second kappa shape index (κ2) is 4.31. The quantitative estimate of drug-likeness (QED) is 0.841. The van der Waals surface area contributed by atoms with Crippen LogP contribution in [0, 0.1) is 13.8 Å². The topological polar surface area (TPSA) is 80.0 Å². The van der Waals surface area contributed by atoms with E-state index in [9.17, 15) is 4.79 Å². The van der Waals surface area contributed by atoms with E-state index >= 15 is 0 Å². The van der Waals surface area contributed by atoms with Crippen molar-refractivity contribution in [1.29, 1.82) is 0 Å². The summed E-state index contributed by atoms with van der Waals surface area (Å²) in [7, 11) is 0. The normalized spacial score (nSPS) is 10.1. The lowest BCUT2D eigenvalue weighted by Crippen LogP contribution is -2.19. The van der Waals surface area contributed by atoms with Crippen molar-refractivity contribution >= 4 is 28.3 Å². The van der Waals surface area contributed by atoms with E-state index in [0.717, 1.165) is 10.6 Å². The molecule has 7 heteroatoms. The van der Waals surface area contributed by atoms with Gasteiger partial charge < -0.3 is 4.52 Å². The Morgan fingerprint density at radius 3 is 2.81 bits per heavy atom. The molecule has 16 heavy (non-hydrogen) atoms. The summed E-state index contributed by atoms with van der Waals surface area (Å²) in [5.41, 5.74) is 0.918. The average Bonchev–Trinajstić information content (AvgIpc) is 2.78. The molecule has 2 heterocycles. The van der Waals surface area contributed by atoms with Crippen LogP contribution in [0.4, 0.5) is 15.7 Å². The molecule has 0 fully saturated rings. The van der Waals surface area contributed by atoms with Crippen LogP contribution >= 0.6 is 11.3 Å². The zero-order valence-electron chi connectivity index (χ0n) is 8.77. The average molecular weight is 238 g/mol. The zero-order chi connectivity index (χ0) is 11.5. The molecule has 0 spiro atoms. The molecule has 0 aliphatic heterocycles. The standard InChI is InChI=1S/C9H10N4O2S/c1-5-6(2)16-9(10-5)12-8(14)11-7-3-4-15-13-7/h3-4H,1-2H3,(H2,10,11,12,13,14). The largest absolute Gasteiger partial charge is 0.363 e. The molecule has 0 bridgehead atoms. The number of rotatable bonds is 2. The molecule has 0 aromatic carbocycles. The van der Waals surface area contributed by atoms with Crippen molar-refractivity contribution in [3.8, 4) is 0 Å². The maximum absolute atomic E-state index is 11.5. The highest BCUT2D eigenvalue weighted by Crippen LogP contribution is 2.21. The van der Waals surface area contributed by atoms with Crippen molar-refractivity contribution in [3.63, 3.8) is 0 Å². The monoisotopic (exact) mass is 238 g/mol. The highest BCUT2D eigenvalue weighted by atomic mass is 32.1. The van der Waals surface area contributed by atoms with E-state index in [4.69, 9.17) is 0 Å². The third kappa shape index (κ3) is 2.37. The van der Waals surface area contributed by atoms with Gasteiger partial charge >= 0.3 is 6.03 Å². The van der Waals surface area contributed by atoms with Crippen LogP contribution in [0.1, 0.15) is 10.6 Å². The molecule has 0 atom stereocenters. The molecule has 6 nitrogen and oxygen atoms in total. The molecule has 0 aliphatic carbocycles. The Morgan fingerprint density at radius 2 is 2.25 bits per heavy atom. The van der Waals surface area contributed by atoms with Crippen molar-refractivity contribution in [1.82, 2.24) is 10.1 Å². The number of hydrogen-bond acceptors (Lipinski definition) is 5. The lowest BCUT2D eigenvalue weighted by molar-refractivity contribution is 0.262. The fourth-order valence-corrected chi connectivity index (χ4v) is 1.86. The Bertz CT molecular complexity index is 472. The molecule has 0 aliphatic rings. The van der Waals surface area contributed by atoms with Crippen LogP contribution in [0.3, 0.4) is 0 Å². The fraction of sp³-hybridized carbons (Fsp3) is 0.222. The SMILES string of the molecule is Cc1nc(NC(=O)Nc2ccon2)sc1C. The van der Waals surface area contributed by atoms with Crippen LogP contribution in [0.2, 0.25) is 0 Å². The van der Waals surface area contributed by atoms with Gasteiger partial charge in [0, 0.05) is 10.9 Å². The van der Waals surface area contributed by atoms with Gasteiger partial charge in [-0.3, -0.25) is 10.6 Å². The van der Waals surface area contributed by atoms with Crippen LogP contribution in [0.15, 0.2) is 16.9 Å². The van der Waals surface area contributed by atoms with Crippen molar-refractivity contribution in [2.75, 3.05) is 10.6 Å². The molecular formula is C9H10N4O2S. The van der Waals surface area contributed by atoms with Gasteiger partial charge in [0.05, 0.1) is 5.69 Å². The third-order valence-corrected chi connectivity index (χ3v) is 2.92. The summed E-state index contributed by atoms with van der Waals surface area (Å²) < 4.78 is 4.58. The third-order valence-electron chi connectivity index (χ3n) is 1.93. The molecule has 0 saturated heterocycles. The van der Waals surface area contributed by atoms with E-state index in [1.165, 1.54) is 17.6 Å². The number of carbonyl (C=O) groups is 1. The molecule has 2 amide bonds. The summed E-state index contributed by atoms with van der Waals surface area (Å²) in [5, 5.41) is 9.25. The predicted octanol–water partition coefficient (Wildman–Crippen LogP) is 2.39. The summed E-state index contributed by atoms with van der Waals surface area (Å²) in [5.74, 6) is 0.363. The van der Waals surface area contributed by atoms with E-state index in [2.05, 4.69) is 25.3 Å². The van der Waals surface area contributed by atoms with E-state index in [1.54, 1.807) is 6.07 Å². The number of carbonyl (C=O) groups excluding carboxylic acids is 1. The molecule has 2 aromatic rings. The number of aromatic nitrogens is 2. The lowest BCUT2D eigenvalue weighted by Gasteiger charge is -2.00. The molecule has 0 unspecified atom stereocenters. The molecule has 2 rings (SSSR count). The minimum absolute atomic E-state index is 0.363. The maximum atomic E-state index is 11.5. The number of aryl methyl sites for hydroxylation is 2. The Balaban J connectivity index is 1.97. The van der Waals surface area contributed by atoms with Gasteiger partial charge in [-0.2, -0.15) is 0 Å². The predicted molar refractivity (Wildman–Crippen MR) is 60.7 cm³/mol. The summed E-state index contributed by atoms with van der Waals surface area (Å²) in [4.78, 5) is 16.7. The van der Waals surface area contributed by atoms with Gasteiger partial charge in [0.2, 0.25) is 0 Å². The van der Waals surface area contributed by atoms with Crippen molar-refractivity contribution in [2.24, 2.45) is 0 Å². The van der Waals surface area contributed by atoms with Crippen LogP contribution in [0.5, 0.6) is 0 Å². The smallest absolute Gasteiger partial charge is 0.326 e. The van der Waals surface area contributed by atoms with Gasteiger partial charge in [0.25, 0.3) is 0 Å². The highest BCUT2D eigenvalue weighted by molar-refractivity contribution is 7.15. The molecular weight excluding hydrogens is 228 g/mol. The fourth-order valence-electron chi connectivity index (χ4n) is 1.05. The van der Waals surface area contributed by atoms with Gasteiger partial charge in [-0.05, 0) is 13.8 Å². The maximum Gasteiger partial charge on any atom is 0.326 e. The number of anilines is 2. The lowest BCUT2D eigenvalue weighted by atomic mass is 10.4. The van der Waals surface area contributed by atoms with Gasteiger partial charge in [0.1, 0.15) is 6.26 Å². The number of nitrogens with zero attached hydrogens (tertiary/aromatic N) is 2. The molecule has 2 N–H and O–H groups in total. The number of urea groups is 1. The molecule has 0 radical (unpaired) electrons. The Labute approximate surface area is 95.7 Å². The highest BCUT2D eigenvalue weighted by Gasteiger charge is 2.08. The van der Waals surface area contributed by atoms with E-state index in [0.29, 0.717) is 10.9 Å². The van der Waals surface area contributed by atoms with E-state index in [-0.39, 0.29) is 6.03 Å². The first kappa shape index (κ1) is 10.6. The van der Waals surface area contributed by atoms with Gasteiger partial charge in [-0.15, -0.1) is 11.3 Å². The van der Waals surface area contributed by atoms with Crippen LogP contribution in [0.25, 0.3) is 0 Å². The first-order chi connectivity index (χ1) is 7.65. The number of thiazole rings is 1. The zero-order valence-corrected chi connectivity index (χ0v) is 9.59. The van der Waals surface area contributed by atoms with Crippen LogP contribution in [-0.4, -0.2) is 16.2 Å². The van der Waals surface area contributed by atoms with Gasteiger partial charge in [0.15, 0.2) is 10.9 Å². The Morgan fingerprint density at radius 1 is 1.44 bits per heavy atom. The number of nitrogens with one attached hydrogen (secondary N) is 2. The minimum atomic E-state index is -0.386. The van der Waals surface area contributed by atoms with Gasteiger partial charge in [-0.1, -0.05) is 5.16 Å². The Hall–Kier alpha value is -1.89. The van der Waals surface area contributed by atoms with Crippen LogP contribution in [-0.2, 0) is 0 Å². The Kier molecular flexibility index (Phi) is 2.86. The van der Waals surface area contributed by atoms with Crippen molar-refractivity contribution in [3.05, 3.63) is 22.9 Å². The summed E-state index contributed by atoms with van der Waals surface area (Å²) >= 11 is 1.43. The van der Waals surface area contributed by atoms with Crippen molar-refractivity contribution in [2.45, 2.75) is 13.8 Å².